The zero-order valence-corrected chi connectivity index (χ0v) is 16.6. The number of amides is 1. The predicted molar refractivity (Wildman–Crippen MR) is 108 cm³/mol. The highest BCUT2D eigenvalue weighted by Gasteiger charge is 2.16. The second-order valence-electron chi connectivity index (χ2n) is 6.76. The van der Waals surface area contributed by atoms with E-state index in [2.05, 4.69) is 20.6 Å². The molecule has 0 bridgehead atoms. The molecule has 10 nitrogen and oxygen atoms in total. The molecule has 0 spiro atoms. The van der Waals surface area contributed by atoms with E-state index in [4.69, 9.17) is 16.0 Å². The van der Waals surface area contributed by atoms with Gasteiger partial charge in [0.2, 0.25) is 5.95 Å². The van der Waals surface area contributed by atoms with Crippen molar-refractivity contribution in [3.05, 3.63) is 35.5 Å². The van der Waals surface area contributed by atoms with E-state index in [1.807, 2.05) is 20.8 Å². The van der Waals surface area contributed by atoms with E-state index in [1.165, 1.54) is 18.3 Å². The summed E-state index contributed by atoms with van der Waals surface area (Å²) in [5.74, 6) is -0.428. The molecule has 0 unspecified atom stereocenters. The Hall–Kier alpha value is -2.92. The minimum atomic E-state index is -4.19. The van der Waals surface area contributed by atoms with E-state index in [1.54, 1.807) is 6.07 Å². The molecule has 152 valence electrons. The van der Waals surface area contributed by atoms with Crippen molar-refractivity contribution in [3.8, 4) is 0 Å². The molecule has 2 rings (SSSR count). The van der Waals surface area contributed by atoms with Gasteiger partial charge in [0, 0.05) is 23.6 Å². The second kappa shape index (κ2) is 8.40. The van der Waals surface area contributed by atoms with E-state index in [0.29, 0.717) is 17.4 Å². The molecule has 28 heavy (non-hydrogen) atoms. The molecule has 1 aromatic carbocycles. The van der Waals surface area contributed by atoms with Gasteiger partial charge in [0.25, 0.3) is 16.0 Å². The number of rotatable bonds is 8. The molecule has 0 aliphatic heterocycles. The summed E-state index contributed by atoms with van der Waals surface area (Å²) in [5.41, 5.74) is 12.4. The molecule has 1 heterocycles. The Balaban J connectivity index is 2.28. The van der Waals surface area contributed by atoms with E-state index in [9.17, 15) is 13.2 Å². The number of hydrogen-bond donors (Lipinski definition) is 5. The number of benzene rings is 1. The summed E-state index contributed by atoms with van der Waals surface area (Å²) in [6, 6.07) is 4.58. The normalized spacial score (nSPS) is 12.6. The summed E-state index contributed by atoms with van der Waals surface area (Å²) in [5, 5.41) is 6.09. The van der Waals surface area contributed by atoms with Gasteiger partial charge in [0.15, 0.2) is 0 Å². The molecule has 7 N–H and O–H groups in total. The summed E-state index contributed by atoms with van der Waals surface area (Å²) < 4.78 is 31.0. The molecular formula is C17H24N6O4S. The molecule has 0 aliphatic carbocycles. The van der Waals surface area contributed by atoms with Crippen LogP contribution >= 0.6 is 0 Å². The third-order valence-corrected chi connectivity index (χ3v) is 4.83. The average Bonchev–Trinajstić information content (AvgIpc) is 2.56. The van der Waals surface area contributed by atoms with E-state index >= 15 is 0 Å². The zero-order valence-electron chi connectivity index (χ0n) is 15.8. The van der Waals surface area contributed by atoms with Crippen LogP contribution in [0.15, 0.2) is 24.4 Å². The number of anilines is 4. The number of aromatic nitrogens is 2. The first-order valence-corrected chi connectivity index (χ1v) is 10.1. The lowest BCUT2D eigenvalue weighted by molar-refractivity contribution is 0.100. The van der Waals surface area contributed by atoms with Gasteiger partial charge in [-0.25, -0.2) is 4.98 Å². The molecule has 1 atom stereocenters. The first-order valence-electron chi connectivity index (χ1n) is 8.50. The van der Waals surface area contributed by atoms with Crippen LogP contribution < -0.4 is 22.1 Å². The monoisotopic (exact) mass is 408 g/mol. The van der Waals surface area contributed by atoms with E-state index < -0.39 is 21.8 Å². The van der Waals surface area contributed by atoms with Crippen LogP contribution in [0.25, 0.3) is 0 Å². The van der Waals surface area contributed by atoms with Crippen molar-refractivity contribution in [3.63, 3.8) is 0 Å². The maximum atomic E-state index is 11.6. The van der Waals surface area contributed by atoms with Gasteiger partial charge >= 0.3 is 0 Å². The van der Waals surface area contributed by atoms with Gasteiger partial charge in [-0.3, -0.25) is 9.35 Å². The van der Waals surface area contributed by atoms with Crippen molar-refractivity contribution < 1.29 is 17.8 Å². The van der Waals surface area contributed by atoms with Crippen molar-refractivity contribution in [1.29, 1.82) is 0 Å². The van der Waals surface area contributed by atoms with Crippen LogP contribution in [0.3, 0.4) is 0 Å². The largest absolute Gasteiger partial charge is 0.398 e. The average molecular weight is 408 g/mol. The quantitative estimate of drug-likeness (QED) is 0.322. The van der Waals surface area contributed by atoms with Crippen LogP contribution in [-0.4, -0.2) is 34.9 Å². The summed E-state index contributed by atoms with van der Waals surface area (Å²) in [7, 11) is -4.19. The van der Waals surface area contributed by atoms with Gasteiger partial charge in [-0.2, -0.15) is 13.4 Å². The number of primary amides is 1. The number of nitrogens with zero attached hydrogens (tertiary/aromatic N) is 2. The SMILES string of the molecule is CC(C)[C@@H](C)Nc1nc(Nc2ccc(CS(=O)(=O)O)c(N)c2)ncc1C(N)=O. The van der Waals surface area contributed by atoms with Crippen molar-refractivity contribution >= 4 is 39.2 Å². The van der Waals surface area contributed by atoms with Crippen molar-refractivity contribution in [2.24, 2.45) is 11.7 Å². The highest BCUT2D eigenvalue weighted by molar-refractivity contribution is 7.85. The van der Waals surface area contributed by atoms with Gasteiger partial charge < -0.3 is 22.1 Å². The fourth-order valence-corrected chi connectivity index (χ4v) is 2.90. The molecule has 1 aromatic heterocycles. The van der Waals surface area contributed by atoms with Crippen molar-refractivity contribution in [2.75, 3.05) is 16.4 Å². The Morgan fingerprint density at radius 2 is 1.96 bits per heavy atom. The minimum Gasteiger partial charge on any atom is -0.398 e. The summed E-state index contributed by atoms with van der Waals surface area (Å²) in [6.45, 7) is 6.01. The molecular weight excluding hydrogens is 384 g/mol. The zero-order chi connectivity index (χ0) is 21.1. The molecule has 0 aliphatic rings. The molecule has 2 aromatic rings. The standard InChI is InChI=1S/C17H24N6O4S/c1-9(2)10(3)21-16-13(15(19)24)7-20-17(23-16)22-12-5-4-11(14(18)6-12)8-28(25,26)27/h4-7,9-10H,8,18H2,1-3H3,(H2,19,24)(H,25,26,27)(H2,20,21,22,23)/t10-/m1/s1. The first-order chi connectivity index (χ1) is 13.0. The van der Waals surface area contributed by atoms with Gasteiger partial charge in [-0.1, -0.05) is 19.9 Å². The number of hydrogen-bond acceptors (Lipinski definition) is 8. The van der Waals surface area contributed by atoms with Gasteiger partial charge in [0.1, 0.15) is 11.6 Å². The van der Waals surface area contributed by atoms with E-state index in [0.717, 1.165) is 0 Å². The van der Waals surface area contributed by atoms with Gasteiger partial charge in [-0.05, 0) is 30.5 Å². The Morgan fingerprint density at radius 1 is 1.29 bits per heavy atom. The van der Waals surface area contributed by atoms with Crippen LogP contribution in [0.4, 0.5) is 23.1 Å². The van der Waals surface area contributed by atoms with Crippen LogP contribution in [-0.2, 0) is 15.9 Å². The van der Waals surface area contributed by atoms with Crippen LogP contribution in [0.1, 0.15) is 36.7 Å². The van der Waals surface area contributed by atoms with E-state index in [-0.39, 0.29) is 28.8 Å². The smallest absolute Gasteiger partial charge is 0.269 e. The van der Waals surface area contributed by atoms with Crippen LogP contribution in [0.2, 0.25) is 0 Å². The molecule has 11 heteroatoms. The predicted octanol–water partition coefficient (Wildman–Crippen LogP) is 1.75. The molecule has 1 amide bonds. The minimum absolute atomic E-state index is 0.0382. The second-order valence-corrected chi connectivity index (χ2v) is 8.21. The third kappa shape index (κ3) is 5.79. The Morgan fingerprint density at radius 3 is 2.50 bits per heavy atom. The lowest BCUT2D eigenvalue weighted by atomic mass is 10.1. The topological polar surface area (TPSA) is 173 Å². The summed E-state index contributed by atoms with van der Waals surface area (Å²) in [4.78, 5) is 20.0. The lowest BCUT2D eigenvalue weighted by Gasteiger charge is -2.20. The number of nitrogens with one attached hydrogen (secondary N) is 2. The number of nitrogens with two attached hydrogens (primary N) is 2. The summed E-state index contributed by atoms with van der Waals surface area (Å²) >= 11 is 0. The summed E-state index contributed by atoms with van der Waals surface area (Å²) in [6.07, 6.45) is 1.32. The molecule has 0 radical (unpaired) electrons. The number of nitrogen functional groups attached to an aromatic ring is 1. The Labute approximate surface area is 163 Å². The van der Waals surface area contributed by atoms with Crippen LogP contribution in [0.5, 0.6) is 0 Å². The molecule has 0 saturated carbocycles. The Kier molecular flexibility index (Phi) is 6.41. The first kappa shape index (κ1) is 21.4. The molecule has 0 fully saturated rings. The Bertz CT molecular complexity index is 978. The number of carbonyl (C=O) groups is 1. The van der Waals surface area contributed by atoms with Crippen LogP contribution in [0, 0.1) is 5.92 Å². The highest BCUT2D eigenvalue weighted by Crippen LogP contribution is 2.23. The number of carbonyl (C=O) groups excluding carboxylic acids is 1. The highest BCUT2D eigenvalue weighted by atomic mass is 32.2. The lowest BCUT2D eigenvalue weighted by Crippen LogP contribution is -2.25. The fourth-order valence-electron chi connectivity index (χ4n) is 2.24. The van der Waals surface area contributed by atoms with Crippen molar-refractivity contribution in [2.45, 2.75) is 32.6 Å². The van der Waals surface area contributed by atoms with Gasteiger partial charge in [-0.15, -0.1) is 0 Å². The maximum Gasteiger partial charge on any atom is 0.269 e. The molecule has 0 saturated heterocycles. The maximum absolute atomic E-state index is 11.6. The van der Waals surface area contributed by atoms with Crippen molar-refractivity contribution in [1.82, 2.24) is 9.97 Å². The third-order valence-electron chi connectivity index (χ3n) is 4.16. The fraction of sp³-hybridized carbons (Fsp3) is 0.353. The van der Waals surface area contributed by atoms with Gasteiger partial charge in [0.05, 0.1) is 5.56 Å².